The molecule has 0 N–H and O–H groups in total. The predicted octanol–water partition coefficient (Wildman–Crippen LogP) is 3.47. The minimum absolute atomic E-state index is 0.215. The number of hydrogen-bond acceptors (Lipinski definition) is 3. The van der Waals surface area contributed by atoms with Gasteiger partial charge in [0.25, 0.3) is 0 Å². The van der Waals surface area contributed by atoms with Gasteiger partial charge in [0.1, 0.15) is 0 Å². The number of fused-ring (bicyclic) bond motifs is 3. The van der Waals surface area contributed by atoms with Crippen LogP contribution in [-0.4, -0.2) is 56.6 Å². The van der Waals surface area contributed by atoms with E-state index in [1.54, 1.807) is 6.20 Å². The second-order valence-corrected chi connectivity index (χ2v) is 8.84. The first-order valence-electron chi connectivity index (χ1n) is 11.1. The second kappa shape index (κ2) is 10.1. The molecule has 2 atom stereocenters. The number of aryl methyl sites for hydroxylation is 1. The summed E-state index contributed by atoms with van der Waals surface area (Å²) in [5.41, 5.74) is 0. The summed E-state index contributed by atoms with van der Waals surface area (Å²) < 4.78 is 1.87. The number of amides is 2. The van der Waals surface area contributed by atoms with E-state index in [4.69, 9.17) is 0 Å². The Bertz CT molecular complexity index is 628. The minimum Gasteiger partial charge on any atom is -0.336 e. The molecule has 0 aromatic carbocycles. The molecular weight excluding hydrogens is 352 g/mol. The molecule has 2 unspecified atom stereocenters. The number of rotatable bonds is 10. The lowest BCUT2D eigenvalue weighted by molar-refractivity contribution is -0.152. The summed E-state index contributed by atoms with van der Waals surface area (Å²) >= 11 is 0. The molecule has 6 heteroatoms. The van der Waals surface area contributed by atoms with E-state index in [-0.39, 0.29) is 18.0 Å². The lowest BCUT2D eigenvalue weighted by Crippen LogP contribution is -2.65. The number of hydrogen-bond donors (Lipinski definition) is 0. The maximum Gasteiger partial charge on any atom is 0.223 e. The Hall–Kier alpha value is -1.85. The molecule has 0 radical (unpaired) electrons. The molecule has 3 saturated heterocycles. The monoisotopic (exact) mass is 388 g/mol. The molecule has 6 nitrogen and oxygen atoms in total. The van der Waals surface area contributed by atoms with E-state index in [0.717, 1.165) is 57.7 Å². The van der Waals surface area contributed by atoms with Crippen LogP contribution in [0.4, 0.5) is 0 Å². The Kier molecular flexibility index (Phi) is 7.51. The van der Waals surface area contributed by atoms with E-state index in [9.17, 15) is 9.59 Å². The smallest absolute Gasteiger partial charge is 0.223 e. The van der Waals surface area contributed by atoms with Crippen molar-refractivity contribution in [3.63, 3.8) is 0 Å². The van der Waals surface area contributed by atoms with Gasteiger partial charge in [-0.15, -0.1) is 0 Å². The number of aromatic nitrogens is 2. The zero-order valence-electron chi connectivity index (χ0n) is 17.6. The van der Waals surface area contributed by atoms with Crippen LogP contribution in [0.25, 0.3) is 0 Å². The summed E-state index contributed by atoms with van der Waals surface area (Å²) in [6.45, 7) is 6.74. The number of piperidine rings is 2. The molecule has 4 heterocycles. The highest BCUT2D eigenvalue weighted by Gasteiger charge is 2.42. The van der Waals surface area contributed by atoms with Crippen molar-refractivity contribution in [3.8, 4) is 0 Å². The molecule has 3 aliphatic rings. The molecule has 3 aliphatic heterocycles. The first-order chi connectivity index (χ1) is 13.5. The van der Waals surface area contributed by atoms with Crippen LogP contribution < -0.4 is 0 Å². The van der Waals surface area contributed by atoms with Crippen LogP contribution in [0, 0.1) is 5.92 Å². The molecule has 2 amide bonds. The summed E-state index contributed by atoms with van der Waals surface area (Å²) in [5, 5.41) is 4.19. The Morgan fingerprint density at radius 1 is 0.964 bits per heavy atom. The van der Waals surface area contributed by atoms with Crippen LogP contribution in [0.2, 0.25) is 0 Å². The summed E-state index contributed by atoms with van der Waals surface area (Å²) in [4.78, 5) is 29.5. The fraction of sp³-hybridized carbons (Fsp3) is 0.773. The largest absolute Gasteiger partial charge is 0.336 e. The average Bonchev–Trinajstić information content (AvgIpc) is 3.21. The maximum absolute atomic E-state index is 12.7. The Balaban J connectivity index is 1.39. The number of piperazine rings is 1. The molecular formula is C22H36N4O2. The van der Waals surface area contributed by atoms with Gasteiger partial charge in [-0.2, -0.15) is 5.10 Å². The first-order valence-corrected chi connectivity index (χ1v) is 11.1. The van der Waals surface area contributed by atoms with Gasteiger partial charge < -0.3 is 9.80 Å². The van der Waals surface area contributed by atoms with Crippen molar-refractivity contribution in [1.29, 1.82) is 0 Å². The second-order valence-electron chi connectivity index (χ2n) is 8.84. The van der Waals surface area contributed by atoms with E-state index in [1.807, 2.05) is 21.8 Å². The lowest BCUT2D eigenvalue weighted by atomic mass is 9.90. The normalized spacial score (nSPS) is 21.5. The first kappa shape index (κ1) is 20.9. The highest BCUT2D eigenvalue weighted by atomic mass is 16.2. The molecule has 0 saturated carbocycles. The minimum atomic E-state index is 0.215. The van der Waals surface area contributed by atoms with Gasteiger partial charge in [0.15, 0.2) is 0 Å². The fourth-order valence-electron chi connectivity index (χ4n) is 4.56. The van der Waals surface area contributed by atoms with Crippen molar-refractivity contribution >= 4 is 11.8 Å². The lowest BCUT2D eigenvalue weighted by Gasteiger charge is -2.51. The molecule has 1 aromatic heterocycles. The summed E-state index contributed by atoms with van der Waals surface area (Å²) in [7, 11) is 0. The zero-order chi connectivity index (χ0) is 19.9. The van der Waals surface area contributed by atoms with Crippen LogP contribution in [0.5, 0.6) is 0 Å². The average molecular weight is 389 g/mol. The zero-order valence-corrected chi connectivity index (χ0v) is 17.6. The van der Waals surface area contributed by atoms with Gasteiger partial charge in [0, 0.05) is 57.0 Å². The predicted molar refractivity (Wildman–Crippen MR) is 110 cm³/mol. The van der Waals surface area contributed by atoms with Gasteiger partial charge in [-0.1, -0.05) is 33.1 Å². The van der Waals surface area contributed by atoms with Crippen molar-refractivity contribution in [2.45, 2.75) is 90.3 Å². The third-order valence-electron chi connectivity index (χ3n) is 6.18. The fourth-order valence-corrected chi connectivity index (χ4v) is 4.56. The van der Waals surface area contributed by atoms with Crippen LogP contribution in [0.3, 0.4) is 0 Å². The summed E-state index contributed by atoms with van der Waals surface area (Å²) in [6.07, 6.45) is 12.4. The van der Waals surface area contributed by atoms with Gasteiger partial charge in [-0.25, -0.2) is 0 Å². The van der Waals surface area contributed by atoms with E-state index in [1.165, 1.54) is 12.8 Å². The van der Waals surface area contributed by atoms with E-state index < -0.39 is 0 Å². The molecule has 156 valence electrons. The number of nitrogens with zero attached hydrogens (tertiary/aromatic N) is 4. The van der Waals surface area contributed by atoms with Gasteiger partial charge in [0.05, 0.1) is 0 Å². The van der Waals surface area contributed by atoms with Crippen molar-refractivity contribution < 1.29 is 9.59 Å². The molecule has 28 heavy (non-hydrogen) atoms. The van der Waals surface area contributed by atoms with E-state index in [0.29, 0.717) is 18.7 Å². The highest BCUT2D eigenvalue weighted by molar-refractivity contribution is 5.79. The van der Waals surface area contributed by atoms with Gasteiger partial charge >= 0.3 is 0 Å². The van der Waals surface area contributed by atoms with Gasteiger partial charge in [-0.05, 0) is 37.7 Å². The topological polar surface area (TPSA) is 58.4 Å². The van der Waals surface area contributed by atoms with Crippen molar-refractivity contribution in [2.24, 2.45) is 5.92 Å². The molecule has 3 fully saturated rings. The third-order valence-corrected chi connectivity index (χ3v) is 6.18. The number of unbranched alkanes of at least 4 members (excludes halogenated alkanes) is 2. The molecule has 0 aliphatic carbocycles. The molecule has 4 rings (SSSR count). The molecule has 2 bridgehead atoms. The summed E-state index contributed by atoms with van der Waals surface area (Å²) in [6, 6.07) is 2.34. The molecule has 0 spiro atoms. The van der Waals surface area contributed by atoms with Crippen LogP contribution >= 0.6 is 0 Å². The van der Waals surface area contributed by atoms with Gasteiger partial charge in [-0.3, -0.25) is 14.3 Å². The SMILES string of the molecule is CC(C)CCCCCC(=O)N1CC2CCC1CN2C(=O)CCCn1cccn1. The van der Waals surface area contributed by atoms with Crippen molar-refractivity contribution in [3.05, 3.63) is 18.5 Å². The van der Waals surface area contributed by atoms with E-state index in [2.05, 4.69) is 23.8 Å². The summed E-state index contributed by atoms with van der Waals surface area (Å²) in [5.74, 6) is 1.28. The molecule has 1 aromatic rings. The van der Waals surface area contributed by atoms with Crippen LogP contribution in [0.1, 0.15) is 71.6 Å². The van der Waals surface area contributed by atoms with E-state index >= 15 is 0 Å². The quantitative estimate of drug-likeness (QED) is 0.577. The van der Waals surface area contributed by atoms with Gasteiger partial charge in [0.2, 0.25) is 11.8 Å². The number of carbonyl (C=O) groups is 2. The standard InChI is InChI=1S/C22H36N4O2/c1-18(2)8-4-3-5-9-21(27)25-16-20-12-11-19(25)17-26(20)22(28)10-6-14-24-15-7-13-23-24/h7,13,15,18-20H,3-6,8-12,14,16-17H2,1-2H3. The van der Waals surface area contributed by atoms with Crippen LogP contribution in [0.15, 0.2) is 18.5 Å². The third kappa shape index (κ3) is 5.58. The van der Waals surface area contributed by atoms with Crippen LogP contribution in [-0.2, 0) is 16.1 Å². The highest BCUT2D eigenvalue weighted by Crippen LogP contribution is 2.30. The maximum atomic E-state index is 12.7. The van der Waals surface area contributed by atoms with Crippen molar-refractivity contribution in [1.82, 2.24) is 19.6 Å². The number of carbonyl (C=O) groups excluding carboxylic acids is 2. The Labute approximate surface area is 169 Å². The van der Waals surface area contributed by atoms with Crippen molar-refractivity contribution in [2.75, 3.05) is 13.1 Å². The Morgan fingerprint density at radius 2 is 1.61 bits per heavy atom. The Morgan fingerprint density at radius 3 is 2.14 bits per heavy atom.